The second-order valence-electron chi connectivity index (χ2n) is 4.64. The molecular weight excluding hydrogens is 347 g/mol. The number of nitrogens with one attached hydrogen (secondary N) is 1. The van der Waals surface area contributed by atoms with Crippen molar-refractivity contribution in [3.63, 3.8) is 0 Å². The maximum absolute atomic E-state index is 11.5. The van der Waals surface area contributed by atoms with Crippen molar-refractivity contribution in [2.75, 3.05) is 13.2 Å². The molecule has 1 unspecified atom stereocenters. The van der Waals surface area contributed by atoms with Gasteiger partial charge in [0.05, 0.1) is 11.5 Å². The van der Waals surface area contributed by atoms with Crippen molar-refractivity contribution in [1.82, 2.24) is 5.09 Å². The van der Waals surface area contributed by atoms with Crippen LogP contribution in [0.1, 0.15) is 6.92 Å². The Kier molecular flexibility index (Phi) is 7.13. The van der Waals surface area contributed by atoms with Gasteiger partial charge in [0.25, 0.3) is 5.69 Å². The van der Waals surface area contributed by atoms with Crippen LogP contribution >= 0.6 is 8.53 Å². The molecule has 0 aliphatic rings. The molecule has 0 amide bonds. The lowest BCUT2D eigenvalue weighted by atomic mass is 10.3. The van der Waals surface area contributed by atoms with Gasteiger partial charge in [0.15, 0.2) is 0 Å². The largest absolute Gasteiger partial charge is 0.465 e. The molecule has 0 aliphatic carbocycles. The van der Waals surface area contributed by atoms with E-state index < -0.39 is 19.4 Å². The molecule has 0 heterocycles. The molecule has 0 aromatic heterocycles. The van der Waals surface area contributed by atoms with Crippen molar-refractivity contribution in [3.8, 4) is 11.5 Å². The summed E-state index contributed by atoms with van der Waals surface area (Å²) in [7, 11) is -1.70. The molecular formula is C16H17N2O6P. The molecule has 25 heavy (non-hydrogen) atoms. The van der Waals surface area contributed by atoms with Crippen LogP contribution in [0.4, 0.5) is 5.69 Å². The third-order valence-electron chi connectivity index (χ3n) is 2.83. The van der Waals surface area contributed by atoms with Crippen LogP contribution < -0.4 is 14.1 Å². The van der Waals surface area contributed by atoms with Gasteiger partial charge in [0.2, 0.25) is 0 Å². The molecule has 0 aliphatic heterocycles. The summed E-state index contributed by atoms with van der Waals surface area (Å²) in [6, 6.07) is 14.6. The van der Waals surface area contributed by atoms with Crippen LogP contribution in [0.3, 0.4) is 0 Å². The molecule has 0 radical (unpaired) electrons. The first-order valence-corrected chi connectivity index (χ1v) is 8.61. The number of carbonyl (C=O) groups excluding carboxylic acids is 1. The molecule has 0 saturated heterocycles. The minimum Gasteiger partial charge on any atom is -0.465 e. The third-order valence-corrected chi connectivity index (χ3v) is 3.99. The molecule has 1 atom stereocenters. The van der Waals surface area contributed by atoms with Gasteiger partial charge in [0, 0.05) is 12.1 Å². The van der Waals surface area contributed by atoms with Crippen molar-refractivity contribution in [3.05, 3.63) is 64.7 Å². The van der Waals surface area contributed by atoms with E-state index in [1.807, 2.05) is 6.07 Å². The Hall–Kier alpha value is -2.70. The summed E-state index contributed by atoms with van der Waals surface area (Å²) in [6.07, 6.45) is 0. The fourth-order valence-corrected chi connectivity index (χ4v) is 2.78. The molecule has 9 heteroatoms. The number of carbonyl (C=O) groups is 1. The van der Waals surface area contributed by atoms with Crippen LogP contribution in [0, 0.1) is 10.1 Å². The first kappa shape index (κ1) is 18.6. The molecule has 1 N–H and O–H groups in total. The number of para-hydroxylation sites is 1. The Balaban J connectivity index is 2.04. The summed E-state index contributed by atoms with van der Waals surface area (Å²) in [4.78, 5) is 21.7. The van der Waals surface area contributed by atoms with Crippen LogP contribution in [0.25, 0.3) is 0 Å². The Morgan fingerprint density at radius 1 is 1.08 bits per heavy atom. The first-order valence-electron chi connectivity index (χ1n) is 7.43. The van der Waals surface area contributed by atoms with E-state index in [-0.39, 0.29) is 18.8 Å². The topological polar surface area (TPSA) is 99.9 Å². The highest BCUT2D eigenvalue weighted by Gasteiger charge is 2.18. The molecule has 2 aromatic rings. The quantitative estimate of drug-likeness (QED) is 0.315. The highest BCUT2D eigenvalue weighted by atomic mass is 31.2. The SMILES string of the molecule is CCOC(=O)CNP(Oc1ccccc1)Oc1ccc([N+](=O)[O-])cc1. The molecule has 0 fully saturated rings. The number of nitro benzene ring substituents is 1. The lowest BCUT2D eigenvalue weighted by Crippen LogP contribution is -2.24. The summed E-state index contributed by atoms with van der Waals surface area (Å²) >= 11 is 0. The van der Waals surface area contributed by atoms with Crippen molar-refractivity contribution in [2.45, 2.75) is 6.92 Å². The number of hydrogen-bond acceptors (Lipinski definition) is 7. The van der Waals surface area contributed by atoms with E-state index in [0.717, 1.165) is 0 Å². The molecule has 0 spiro atoms. The maximum Gasteiger partial charge on any atom is 0.382 e. The summed E-state index contributed by atoms with van der Waals surface area (Å²) in [5.74, 6) is 0.509. The van der Waals surface area contributed by atoms with Crippen LogP contribution in [0.5, 0.6) is 11.5 Å². The minimum absolute atomic E-state index is 0.0415. The number of non-ortho nitro benzene ring substituents is 1. The highest BCUT2D eigenvalue weighted by molar-refractivity contribution is 7.45. The number of esters is 1. The summed E-state index contributed by atoms with van der Waals surface area (Å²) < 4.78 is 16.3. The van der Waals surface area contributed by atoms with E-state index in [0.29, 0.717) is 11.5 Å². The fourth-order valence-electron chi connectivity index (χ4n) is 1.73. The summed E-state index contributed by atoms with van der Waals surface area (Å²) in [5, 5.41) is 13.5. The smallest absolute Gasteiger partial charge is 0.382 e. The Labute approximate surface area is 145 Å². The van der Waals surface area contributed by atoms with E-state index in [9.17, 15) is 14.9 Å². The van der Waals surface area contributed by atoms with Crippen molar-refractivity contribution < 1.29 is 23.5 Å². The summed E-state index contributed by atoms with van der Waals surface area (Å²) in [6.45, 7) is 1.91. The maximum atomic E-state index is 11.5. The van der Waals surface area contributed by atoms with Gasteiger partial charge in [0.1, 0.15) is 18.0 Å². The Bertz CT molecular complexity index is 696. The zero-order valence-corrected chi connectivity index (χ0v) is 14.3. The number of benzene rings is 2. The van der Waals surface area contributed by atoms with E-state index in [4.69, 9.17) is 13.8 Å². The van der Waals surface area contributed by atoms with Crippen LogP contribution in [-0.2, 0) is 9.53 Å². The lowest BCUT2D eigenvalue weighted by Gasteiger charge is -2.18. The van der Waals surface area contributed by atoms with Crippen LogP contribution in [-0.4, -0.2) is 24.0 Å². The predicted molar refractivity (Wildman–Crippen MR) is 92.4 cm³/mol. The van der Waals surface area contributed by atoms with Crippen LogP contribution in [0.2, 0.25) is 0 Å². The zero-order chi connectivity index (χ0) is 18.1. The van der Waals surface area contributed by atoms with E-state index in [2.05, 4.69) is 5.09 Å². The van der Waals surface area contributed by atoms with E-state index >= 15 is 0 Å². The third kappa shape index (κ3) is 6.37. The number of nitro groups is 1. The van der Waals surface area contributed by atoms with Gasteiger partial charge in [-0.2, -0.15) is 0 Å². The second kappa shape index (κ2) is 9.56. The molecule has 0 saturated carbocycles. The monoisotopic (exact) mass is 364 g/mol. The van der Waals surface area contributed by atoms with Crippen molar-refractivity contribution in [1.29, 1.82) is 0 Å². The average molecular weight is 364 g/mol. The average Bonchev–Trinajstić information content (AvgIpc) is 2.61. The molecule has 2 aromatic carbocycles. The zero-order valence-electron chi connectivity index (χ0n) is 13.5. The standard InChI is InChI=1S/C16H17N2O6P/c1-2-22-16(19)12-17-25(23-14-6-4-3-5-7-14)24-15-10-8-13(9-11-15)18(20)21/h3-11,17H,2,12H2,1H3. The number of nitrogens with zero attached hydrogens (tertiary/aromatic N) is 1. The molecule has 0 bridgehead atoms. The van der Waals surface area contributed by atoms with Gasteiger partial charge < -0.3 is 13.8 Å². The van der Waals surface area contributed by atoms with Crippen LogP contribution in [0.15, 0.2) is 54.6 Å². The van der Waals surface area contributed by atoms with Crippen molar-refractivity contribution in [2.24, 2.45) is 0 Å². The van der Waals surface area contributed by atoms with Gasteiger partial charge in [-0.15, -0.1) is 0 Å². The minimum atomic E-state index is -1.70. The first-order chi connectivity index (χ1) is 12.1. The van der Waals surface area contributed by atoms with E-state index in [1.54, 1.807) is 31.2 Å². The van der Waals surface area contributed by atoms with Gasteiger partial charge in [-0.05, 0) is 31.2 Å². The number of rotatable bonds is 9. The van der Waals surface area contributed by atoms with Gasteiger partial charge in [-0.25, -0.2) is 5.09 Å². The fraction of sp³-hybridized carbons (Fsp3) is 0.188. The van der Waals surface area contributed by atoms with Gasteiger partial charge in [-0.1, -0.05) is 18.2 Å². The highest BCUT2D eigenvalue weighted by Crippen LogP contribution is 2.37. The van der Waals surface area contributed by atoms with E-state index in [1.165, 1.54) is 24.3 Å². The summed E-state index contributed by atoms with van der Waals surface area (Å²) in [5.41, 5.74) is -0.0415. The predicted octanol–water partition coefficient (Wildman–Crippen LogP) is 3.43. The Morgan fingerprint density at radius 3 is 2.24 bits per heavy atom. The number of ether oxygens (including phenoxy) is 1. The van der Waals surface area contributed by atoms with Gasteiger partial charge in [-0.3, -0.25) is 14.9 Å². The van der Waals surface area contributed by atoms with Gasteiger partial charge >= 0.3 is 14.5 Å². The van der Waals surface area contributed by atoms with Crippen molar-refractivity contribution >= 4 is 20.2 Å². The molecule has 132 valence electrons. The lowest BCUT2D eigenvalue weighted by molar-refractivity contribution is -0.384. The number of hydrogen-bond donors (Lipinski definition) is 1. The normalized spacial score (nSPS) is 11.4. The molecule has 8 nitrogen and oxygen atoms in total. The Morgan fingerprint density at radius 2 is 1.68 bits per heavy atom. The molecule has 2 rings (SSSR count). The second-order valence-corrected chi connectivity index (χ2v) is 5.84.